The molecule has 2 aromatic carbocycles. The number of ketones is 1. The quantitative estimate of drug-likeness (QED) is 0.0644. The number of rotatable bonds is 14. The van der Waals surface area contributed by atoms with Gasteiger partial charge in [-0.1, -0.05) is 94.4 Å². The maximum absolute atomic E-state index is 15.1. The van der Waals surface area contributed by atoms with Crippen LogP contribution in [-0.2, 0) is 55.1 Å². The van der Waals surface area contributed by atoms with Crippen LogP contribution >= 0.6 is 19.2 Å². The summed E-state index contributed by atoms with van der Waals surface area (Å²) in [6.45, 7) is 15.9. The number of carbonyl (C=O) groups excluding carboxylic acids is 2. The number of phosphoric ester groups is 1. The number of ether oxygens (including phenoxy) is 3. The Labute approximate surface area is 434 Å². The molecular weight excluding hydrogens is 1250 g/mol. The summed E-state index contributed by atoms with van der Waals surface area (Å²) in [6, 6.07) is 21.9. The zero-order valence-corrected chi connectivity index (χ0v) is 46.7. The fourth-order valence-electron chi connectivity index (χ4n) is 10.2. The first-order valence-corrected chi connectivity index (χ1v) is 22.4. The zero-order valence-electron chi connectivity index (χ0n) is 35.5. The van der Waals surface area contributed by atoms with E-state index >= 15 is 4.79 Å². The number of carbonyl (C=O) groups is 2. The molecule has 1 aliphatic heterocycles. The molecule has 3 aromatic rings. The third-order valence-electron chi connectivity index (χ3n) is 13.8. The van der Waals surface area contributed by atoms with Gasteiger partial charge in [-0.2, -0.15) is 0 Å². The Hall–Kier alpha value is -0.187. The molecule has 324 valence electrons. The molecule has 4 aliphatic rings. The molecule has 12 nitrogen and oxygen atoms in total. The van der Waals surface area contributed by atoms with E-state index in [1.54, 1.807) is 41.5 Å². The summed E-state index contributed by atoms with van der Waals surface area (Å²) >= 11 is 1.43. The average Bonchev–Trinajstić information content (AvgIpc) is 3.76. The third-order valence-corrected chi connectivity index (χ3v) is 16.1. The molecule has 4 radical (unpaired) electrons. The molecule has 61 heavy (non-hydrogen) atoms. The van der Waals surface area contributed by atoms with Crippen molar-refractivity contribution in [3.05, 3.63) is 112 Å². The number of aliphatic hydroxyl groups excluding tert-OH is 1. The van der Waals surface area contributed by atoms with Gasteiger partial charge in [0.15, 0.2) is 12.6 Å². The van der Waals surface area contributed by atoms with Crippen LogP contribution in [0, 0.1) is 124 Å². The van der Waals surface area contributed by atoms with Crippen LogP contribution in [0.1, 0.15) is 76.3 Å². The normalized spacial score (nSPS) is 32.7. The molecule has 0 amide bonds. The second kappa shape index (κ2) is 20.4. The van der Waals surface area contributed by atoms with Crippen molar-refractivity contribution < 1.29 is 145 Å². The summed E-state index contributed by atoms with van der Waals surface area (Å²) in [7, 11) is -4.29. The van der Waals surface area contributed by atoms with Crippen LogP contribution in [0.3, 0.4) is 0 Å². The van der Waals surface area contributed by atoms with E-state index in [1.807, 2.05) is 78.2 Å². The van der Waals surface area contributed by atoms with E-state index in [4.69, 9.17) is 34.7 Å². The minimum Gasteiger partial charge on any atom is -0.457 e. The van der Waals surface area contributed by atoms with Crippen molar-refractivity contribution in [3.8, 4) is 0 Å². The molecule has 2 bridgehead atoms. The van der Waals surface area contributed by atoms with E-state index < -0.39 is 96.5 Å². The first kappa shape index (κ1) is 51.8. The van der Waals surface area contributed by atoms with Gasteiger partial charge in [-0.15, -0.1) is 11.3 Å². The Bertz CT molecular complexity index is 2020. The van der Waals surface area contributed by atoms with Crippen LogP contribution in [0.2, 0.25) is 0 Å². The number of hydrogen-bond donors (Lipinski definition) is 3. The summed E-state index contributed by atoms with van der Waals surface area (Å²) in [5.41, 5.74) is -4.04. The minimum atomic E-state index is -4.29. The SMILES string of the molecule is [Ac].[Ac].[CH][C@@H](c1cccs1)[C@@H](C)C(=O)OC1CC2(O)[C@@H](C)C3C4(O)COC4CC(OCOP(=O)(OCc4ccccc4)OCc4ccccc4)[C@@]3(C)C(=O)C(O)C(=C1C)C2(C)C. The predicted molar refractivity (Wildman–Crippen MR) is 218 cm³/mol. The van der Waals surface area contributed by atoms with Gasteiger partial charge >= 0.3 is 13.8 Å². The van der Waals surface area contributed by atoms with Gasteiger partial charge in [-0.3, -0.25) is 23.2 Å². The van der Waals surface area contributed by atoms with E-state index in [9.17, 15) is 24.7 Å². The standard InChI is InChI=1S/C45H55O12PS.2Ac/c1-27(34-19-14-20-59-34)28(2)41(48)57-33-22-45(50)30(4)39-43(7,40(47)38(46)37(29(33)3)42(45,5)6)35(21-36-44(39,49)25-52-36)53-26-56-58(51,54-23-31-15-10-8-11-16-31)55-24-32-17-12-9-13-18-32;;/h1,8-20,27-28,30,33,35-36,38-39,46,49-50H,21-26H2,2-7H3;;/t27-,28-,30+,33?,35?,36?,38?,39?,43-,44?,45?;;/m1../s1. The van der Waals surface area contributed by atoms with Gasteiger partial charge in [0.1, 0.15) is 17.8 Å². The van der Waals surface area contributed by atoms with Crippen molar-refractivity contribution in [1.82, 2.24) is 0 Å². The number of esters is 1. The summed E-state index contributed by atoms with van der Waals surface area (Å²) in [5, 5.41) is 39.7. The first-order valence-electron chi connectivity index (χ1n) is 20.1. The van der Waals surface area contributed by atoms with E-state index in [-0.39, 0.29) is 126 Å². The number of phosphoric acid groups is 1. The second-order valence-electron chi connectivity index (χ2n) is 17.3. The molecule has 2 heterocycles. The Kier molecular flexibility index (Phi) is 17.3. The average molecular weight is 1300 g/mol. The van der Waals surface area contributed by atoms with E-state index in [2.05, 4.69) is 0 Å². The second-order valence-corrected chi connectivity index (χ2v) is 20.0. The Balaban J connectivity index is 0.00000352. The van der Waals surface area contributed by atoms with Crippen molar-refractivity contribution in [2.75, 3.05) is 13.4 Å². The maximum Gasteiger partial charge on any atom is 0.477 e. The van der Waals surface area contributed by atoms with Crippen molar-refractivity contribution in [2.24, 2.45) is 28.6 Å². The van der Waals surface area contributed by atoms with Crippen LogP contribution in [0.4, 0.5) is 0 Å². The van der Waals surface area contributed by atoms with Gasteiger partial charge in [0.25, 0.3) is 0 Å². The number of Topliss-reactive ketones (excluding diaryl/α,β-unsaturated/α-hetero) is 1. The summed E-state index contributed by atoms with van der Waals surface area (Å²) < 4.78 is 49.9. The summed E-state index contributed by atoms with van der Waals surface area (Å²) in [4.78, 5) is 29.6. The van der Waals surface area contributed by atoms with E-state index in [0.29, 0.717) is 5.57 Å². The molecule has 16 heteroatoms. The number of fused-ring (bicyclic) bond motifs is 5. The zero-order chi connectivity index (χ0) is 42.5. The van der Waals surface area contributed by atoms with Crippen molar-refractivity contribution in [1.29, 1.82) is 0 Å². The van der Waals surface area contributed by atoms with Gasteiger partial charge in [0, 0.05) is 123 Å². The minimum absolute atomic E-state index is 0. The fourth-order valence-corrected chi connectivity index (χ4v) is 12.1. The van der Waals surface area contributed by atoms with Crippen molar-refractivity contribution in [2.45, 2.75) is 109 Å². The van der Waals surface area contributed by atoms with E-state index in [1.165, 1.54) is 11.3 Å². The number of aliphatic hydroxyl groups is 3. The predicted octanol–water partition coefficient (Wildman–Crippen LogP) is 7.20. The summed E-state index contributed by atoms with van der Waals surface area (Å²) in [6.07, 6.45) is -4.69. The van der Waals surface area contributed by atoms with E-state index in [0.717, 1.165) is 16.0 Å². The number of hydrogen-bond acceptors (Lipinski definition) is 13. The molecule has 1 aromatic heterocycles. The monoisotopic (exact) mass is 1300 g/mol. The largest absolute Gasteiger partial charge is 0.477 e. The Morgan fingerprint density at radius 2 is 1.56 bits per heavy atom. The molecule has 7 unspecified atom stereocenters. The fraction of sp³-hybridized carbons (Fsp3) is 0.533. The molecule has 2 saturated carbocycles. The topological polar surface area (TPSA) is 167 Å². The Morgan fingerprint density at radius 3 is 2.08 bits per heavy atom. The van der Waals surface area contributed by atoms with Gasteiger partial charge in [-0.25, -0.2) is 4.57 Å². The van der Waals surface area contributed by atoms with Gasteiger partial charge in [0.05, 0.1) is 49.0 Å². The van der Waals surface area contributed by atoms with Crippen LogP contribution in [-0.4, -0.2) is 76.1 Å². The third kappa shape index (κ3) is 9.67. The van der Waals surface area contributed by atoms with Crippen molar-refractivity contribution >= 4 is 30.9 Å². The molecule has 3 aliphatic carbocycles. The molecule has 3 N–H and O–H groups in total. The first-order chi connectivity index (χ1) is 27.9. The molecule has 1 saturated heterocycles. The van der Waals surface area contributed by atoms with Crippen LogP contribution in [0.5, 0.6) is 0 Å². The molecular formula is C45H55Ac2O12PS. The summed E-state index contributed by atoms with van der Waals surface area (Å²) in [5.74, 6) is -4.47. The Morgan fingerprint density at radius 1 is 0.967 bits per heavy atom. The number of benzene rings is 2. The van der Waals surface area contributed by atoms with Gasteiger partial charge in [0.2, 0.25) is 0 Å². The van der Waals surface area contributed by atoms with Crippen LogP contribution < -0.4 is 0 Å². The van der Waals surface area contributed by atoms with Gasteiger partial charge < -0.3 is 29.5 Å². The molecule has 7 rings (SSSR count). The van der Waals surface area contributed by atoms with Crippen LogP contribution in [0.15, 0.2) is 89.3 Å². The van der Waals surface area contributed by atoms with Crippen LogP contribution in [0.25, 0.3) is 0 Å². The van der Waals surface area contributed by atoms with Crippen molar-refractivity contribution in [3.63, 3.8) is 0 Å². The molecule has 3 fully saturated rings. The smallest absolute Gasteiger partial charge is 0.457 e. The van der Waals surface area contributed by atoms with Gasteiger partial charge in [-0.05, 0) is 60.4 Å². The molecule has 11 atom stereocenters. The maximum atomic E-state index is 15.1. The number of thiophene rings is 1. The molecule has 0 spiro atoms.